The maximum absolute atomic E-state index is 13.4. The number of phenols is 1. The van der Waals surface area contributed by atoms with Crippen molar-refractivity contribution in [1.82, 2.24) is 13.9 Å². The van der Waals surface area contributed by atoms with Gasteiger partial charge < -0.3 is 9.84 Å². The highest BCUT2D eigenvalue weighted by atomic mass is 16.5. The Morgan fingerprint density at radius 2 is 1.79 bits per heavy atom. The molecule has 2 atom stereocenters. The van der Waals surface area contributed by atoms with Gasteiger partial charge in [-0.25, -0.2) is 23.5 Å². The second-order valence-corrected chi connectivity index (χ2v) is 9.82. The van der Waals surface area contributed by atoms with Crippen LogP contribution in [0.15, 0.2) is 92.6 Å². The average Bonchev–Trinajstić information content (AvgIpc) is 3.14. The van der Waals surface area contributed by atoms with Gasteiger partial charge in [0.05, 0.1) is 12.6 Å². The number of Topliss-reactive ketones (excluding diaryl/α,β-unsaturated/α-hetero) is 1. The van der Waals surface area contributed by atoms with Crippen molar-refractivity contribution in [3.8, 4) is 11.5 Å². The number of nitrogens with zero attached hydrogens (tertiary/aromatic N) is 3. The fourth-order valence-electron chi connectivity index (χ4n) is 5.70. The van der Waals surface area contributed by atoms with Crippen LogP contribution < -0.4 is 16.1 Å². The monoisotopic (exact) mass is 511 g/mol. The first-order valence-corrected chi connectivity index (χ1v) is 12.3. The number of hydrogen-bond acceptors (Lipinski definition) is 6. The Bertz CT molecular complexity index is 1730. The molecule has 1 aromatic heterocycles. The van der Waals surface area contributed by atoms with E-state index in [1.165, 1.54) is 28.6 Å². The number of fused-ring (bicyclic) bond motifs is 3. The van der Waals surface area contributed by atoms with Gasteiger partial charge in [-0.05, 0) is 30.2 Å². The van der Waals surface area contributed by atoms with Gasteiger partial charge in [0.25, 0.3) is 0 Å². The van der Waals surface area contributed by atoms with Crippen molar-refractivity contribution in [1.29, 1.82) is 0 Å². The molecule has 0 spiro atoms. The molecule has 6 rings (SSSR count). The average molecular weight is 512 g/mol. The molecule has 0 saturated heterocycles. The van der Waals surface area contributed by atoms with Crippen LogP contribution in [-0.4, -0.2) is 30.6 Å². The highest BCUT2D eigenvalue weighted by Gasteiger charge is 2.45. The van der Waals surface area contributed by atoms with Gasteiger partial charge in [-0.1, -0.05) is 42.5 Å². The summed E-state index contributed by atoms with van der Waals surface area (Å²) in [5.74, 6) is -0.972. The van der Waals surface area contributed by atoms with Gasteiger partial charge in [0.2, 0.25) is 0 Å². The Morgan fingerprint density at radius 3 is 2.53 bits per heavy atom. The van der Waals surface area contributed by atoms with Crippen LogP contribution in [0.4, 0.5) is 0 Å². The third-order valence-corrected chi connectivity index (χ3v) is 7.58. The zero-order valence-corrected chi connectivity index (χ0v) is 20.9. The van der Waals surface area contributed by atoms with E-state index in [1.807, 2.05) is 36.4 Å². The molecular formula is C29H25N3O6. The summed E-state index contributed by atoms with van der Waals surface area (Å²) in [5, 5.41) is 11.2. The van der Waals surface area contributed by atoms with Gasteiger partial charge in [-0.15, -0.1) is 0 Å². The Morgan fingerprint density at radius 1 is 1.03 bits per heavy atom. The third-order valence-electron chi connectivity index (χ3n) is 7.58. The summed E-state index contributed by atoms with van der Waals surface area (Å²) in [6.45, 7) is 2.05. The van der Waals surface area contributed by atoms with Crippen molar-refractivity contribution >= 4 is 11.6 Å². The fraction of sp³-hybridized carbons (Fsp3) is 0.241. The van der Waals surface area contributed by atoms with Crippen molar-refractivity contribution in [2.75, 3.05) is 0 Å². The number of aromatic hydroxyl groups is 1. The predicted octanol–water partition coefficient (Wildman–Crippen LogP) is 2.70. The number of carbonyl (C=O) groups excluding carboxylic acids is 2. The Balaban J connectivity index is 1.46. The van der Waals surface area contributed by atoms with Crippen molar-refractivity contribution in [2.45, 2.75) is 38.5 Å². The van der Waals surface area contributed by atoms with Crippen LogP contribution in [0.3, 0.4) is 0 Å². The van der Waals surface area contributed by atoms with Gasteiger partial charge in [0.1, 0.15) is 18.1 Å². The number of allylic oxidation sites excluding steroid dienone is 6. The van der Waals surface area contributed by atoms with E-state index in [2.05, 4.69) is 0 Å². The van der Waals surface area contributed by atoms with E-state index < -0.39 is 23.3 Å². The summed E-state index contributed by atoms with van der Waals surface area (Å²) in [6, 6.07) is 13.9. The molecule has 38 heavy (non-hydrogen) atoms. The number of benzene rings is 2. The minimum absolute atomic E-state index is 0.0928. The van der Waals surface area contributed by atoms with Crippen LogP contribution in [0.25, 0.3) is 0 Å². The summed E-state index contributed by atoms with van der Waals surface area (Å²) in [7, 11) is 1.41. The summed E-state index contributed by atoms with van der Waals surface area (Å²) in [4.78, 5) is 52.2. The number of aromatic nitrogens is 3. The molecule has 0 saturated carbocycles. The van der Waals surface area contributed by atoms with Crippen LogP contribution in [0.5, 0.6) is 11.5 Å². The number of ketones is 2. The van der Waals surface area contributed by atoms with E-state index in [4.69, 9.17) is 4.74 Å². The summed E-state index contributed by atoms with van der Waals surface area (Å²) in [5.41, 5.74) is 2.08. The molecule has 192 valence electrons. The topological polar surface area (TPSA) is 113 Å². The smallest absolute Gasteiger partial charge is 0.347 e. The Labute approximate surface area is 217 Å². The first-order chi connectivity index (χ1) is 18.3. The van der Waals surface area contributed by atoms with Crippen molar-refractivity contribution in [2.24, 2.45) is 7.05 Å². The maximum atomic E-state index is 13.4. The molecule has 0 amide bonds. The molecule has 3 aliphatic rings. The third kappa shape index (κ3) is 3.53. The van der Waals surface area contributed by atoms with E-state index in [0.717, 1.165) is 10.1 Å². The van der Waals surface area contributed by atoms with Gasteiger partial charge >= 0.3 is 11.4 Å². The highest BCUT2D eigenvalue weighted by molar-refractivity contribution is 6.23. The van der Waals surface area contributed by atoms with Crippen molar-refractivity contribution < 1.29 is 19.4 Å². The molecule has 2 aromatic carbocycles. The zero-order valence-electron chi connectivity index (χ0n) is 20.9. The zero-order chi connectivity index (χ0) is 26.7. The summed E-state index contributed by atoms with van der Waals surface area (Å²) >= 11 is 0. The molecule has 1 aliphatic heterocycles. The molecule has 0 unspecified atom stereocenters. The molecular weight excluding hydrogens is 486 g/mol. The molecule has 9 heteroatoms. The van der Waals surface area contributed by atoms with Gasteiger partial charge in [-0.3, -0.25) is 9.59 Å². The molecule has 9 nitrogen and oxygen atoms in total. The molecule has 2 heterocycles. The lowest BCUT2D eigenvalue weighted by Gasteiger charge is -2.39. The largest absolute Gasteiger partial charge is 0.507 e. The van der Waals surface area contributed by atoms with Gasteiger partial charge in [0, 0.05) is 47.7 Å². The van der Waals surface area contributed by atoms with E-state index >= 15 is 0 Å². The predicted molar refractivity (Wildman–Crippen MR) is 138 cm³/mol. The number of rotatable bonds is 4. The van der Waals surface area contributed by atoms with Crippen molar-refractivity contribution in [3.05, 3.63) is 115 Å². The second-order valence-electron chi connectivity index (χ2n) is 9.82. The first kappa shape index (κ1) is 23.7. The lowest BCUT2D eigenvalue weighted by molar-refractivity contribution is -0.116. The minimum Gasteiger partial charge on any atom is -0.507 e. The van der Waals surface area contributed by atoms with Crippen LogP contribution >= 0.6 is 0 Å². The quantitative estimate of drug-likeness (QED) is 0.426. The molecule has 0 radical (unpaired) electrons. The van der Waals surface area contributed by atoms with Gasteiger partial charge in [0.15, 0.2) is 11.6 Å². The Hall–Kier alpha value is -4.66. The van der Waals surface area contributed by atoms with Crippen LogP contribution in [0.2, 0.25) is 0 Å². The maximum Gasteiger partial charge on any atom is 0.347 e. The molecule has 0 bridgehead atoms. The SMILES string of the molecule is CC1=CC(=O)C2=C(C1=O)[C@@H](c1ccc(OCc3ccccc3)cc1O)C1=CCn3c(=O)n(C)c(=O)n3[C@@H]1C2. The van der Waals surface area contributed by atoms with E-state index in [1.54, 1.807) is 19.1 Å². The molecule has 1 N–H and O–H groups in total. The van der Waals surface area contributed by atoms with Crippen LogP contribution in [-0.2, 0) is 29.8 Å². The number of ether oxygens (including phenoxy) is 1. The first-order valence-electron chi connectivity index (χ1n) is 12.3. The molecule has 0 fully saturated rings. The summed E-state index contributed by atoms with van der Waals surface area (Å²) in [6.07, 6.45) is 3.25. The standard InChI is InChI=1S/C29H25N3O6/c1-16-12-23(33)21-14-22-19(10-11-31-28(36)30(2)29(37)32(22)31)25(26(21)27(16)35)20-9-8-18(13-24(20)34)38-15-17-6-4-3-5-7-17/h3-10,12-13,22,25,34H,11,14-15H2,1-2H3/t22-,25-/m1/s1. The number of phenolic OH excluding ortho intramolecular Hbond substituents is 1. The number of carbonyl (C=O) groups is 2. The van der Waals surface area contributed by atoms with Crippen molar-refractivity contribution in [3.63, 3.8) is 0 Å². The second kappa shape index (κ2) is 8.72. The summed E-state index contributed by atoms with van der Waals surface area (Å²) < 4.78 is 9.60. The van der Waals surface area contributed by atoms with Crippen LogP contribution in [0, 0.1) is 0 Å². The van der Waals surface area contributed by atoms with Gasteiger partial charge in [-0.2, -0.15) is 0 Å². The Kier molecular flexibility index (Phi) is 5.45. The molecule has 3 aromatic rings. The minimum atomic E-state index is -0.761. The van der Waals surface area contributed by atoms with E-state index in [0.29, 0.717) is 40.2 Å². The van der Waals surface area contributed by atoms with Crippen LogP contribution in [0.1, 0.15) is 36.4 Å². The molecule has 2 aliphatic carbocycles. The number of hydrogen-bond donors (Lipinski definition) is 1. The normalized spacial score (nSPS) is 20.4. The lowest BCUT2D eigenvalue weighted by Crippen LogP contribution is -2.40. The lowest BCUT2D eigenvalue weighted by atomic mass is 9.67. The fourth-order valence-corrected chi connectivity index (χ4v) is 5.70. The highest BCUT2D eigenvalue weighted by Crippen LogP contribution is 2.51. The van der Waals surface area contributed by atoms with E-state index in [-0.39, 0.29) is 30.3 Å². The van der Waals surface area contributed by atoms with E-state index in [9.17, 15) is 24.3 Å².